The first-order valence-corrected chi connectivity index (χ1v) is 11.7. The van der Waals surface area contributed by atoms with Gasteiger partial charge in [-0.2, -0.15) is 10.5 Å². The average Bonchev–Trinajstić information content (AvgIpc) is 2.80. The predicted octanol–water partition coefficient (Wildman–Crippen LogP) is 7.44. The van der Waals surface area contributed by atoms with E-state index in [-0.39, 0.29) is 5.41 Å². The van der Waals surface area contributed by atoms with Gasteiger partial charge in [0, 0.05) is 5.56 Å². The predicted molar refractivity (Wildman–Crippen MR) is 122 cm³/mol. The van der Waals surface area contributed by atoms with Gasteiger partial charge >= 0.3 is 0 Å². The maximum atomic E-state index is 10.1. The Morgan fingerprint density at radius 2 is 1.40 bits per heavy atom. The van der Waals surface area contributed by atoms with E-state index in [2.05, 4.69) is 62.4 Å². The molecule has 2 nitrogen and oxygen atoms in total. The molecule has 154 valence electrons. The molecular weight excluding hydrogens is 364 g/mol. The first-order valence-electron chi connectivity index (χ1n) is 11.7. The van der Waals surface area contributed by atoms with Gasteiger partial charge in [0.15, 0.2) is 0 Å². The lowest BCUT2D eigenvalue weighted by molar-refractivity contribution is 0.0319. The van der Waals surface area contributed by atoms with Gasteiger partial charge in [0.1, 0.15) is 12.1 Å². The second-order valence-corrected chi connectivity index (χ2v) is 9.61. The fraction of sp³-hybridized carbons (Fsp3) is 0.500. The van der Waals surface area contributed by atoms with E-state index in [9.17, 15) is 10.5 Å². The normalized spacial score (nSPS) is 24.9. The zero-order valence-electron chi connectivity index (χ0n) is 18.4. The standard InChI is InChI=1S/C28H32N2/c1-3-5-21-6-8-22(9-7-21)23-10-11-26(25(20-30)24(23)19-29)28-16-13-27(12-4-2,14-17-28)15-18-28/h6-11H,3-5,12-18H2,1-2H3. The van der Waals surface area contributed by atoms with Crippen molar-refractivity contribution in [2.45, 2.75) is 83.5 Å². The van der Waals surface area contributed by atoms with E-state index in [0.717, 1.165) is 48.8 Å². The molecule has 5 rings (SSSR count). The molecule has 0 aliphatic heterocycles. The van der Waals surface area contributed by atoms with Crippen molar-refractivity contribution in [2.24, 2.45) is 5.41 Å². The van der Waals surface area contributed by atoms with Crippen LogP contribution in [0, 0.1) is 28.1 Å². The number of nitriles is 2. The highest BCUT2D eigenvalue weighted by Gasteiger charge is 2.49. The summed E-state index contributed by atoms with van der Waals surface area (Å²) < 4.78 is 0. The van der Waals surface area contributed by atoms with Gasteiger partial charge in [-0.15, -0.1) is 0 Å². The number of nitrogens with zero attached hydrogens (tertiary/aromatic N) is 2. The molecule has 2 bridgehead atoms. The summed E-state index contributed by atoms with van der Waals surface area (Å²) in [6.45, 7) is 4.48. The lowest BCUT2D eigenvalue weighted by Gasteiger charge is -2.54. The fourth-order valence-corrected chi connectivity index (χ4v) is 6.23. The van der Waals surface area contributed by atoms with Crippen LogP contribution in [0.2, 0.25) is 0 Å². The highest BCUT2D eigenvalue weighted by molar-refractivity contribution is 5.75. The van der Waals surface area contributed by atoms with Crippen molar-refractivity contribution in [2.75, 3.05) is 0 Å². The highest BCUT2D eigenvalue weighted by Crippen LogP contribution is 2.60. The average molecular weight is 397 g/mol. The summed E-state index contributed by atoms with van der Waals surface area (Å²) in [4.78, 5) is 0. The summed E-state index contributed by atoms with van der Waals surface area (Å²) in [5.74, 6) is 0. The van der Waals surface area contributed by atoms with E-state index in [1.54, 1.807) is 0 Å². The molecule has 0 spiro atoms. The minimum Gasteiger partial charge on any atom is -0.192 e. The van der Waals surface area contributed by atoms with Crippen LogP contribution in [0.1, 0.15) is 93.9 Å². The largest absolute Gasteiger partial charge is 0.192 e. The first-order chi connectivity index (χ1) is 14.6. The van der Waals surface area contributed by atoms with Crippen molar-refractivity contribution in [1.82, 2.24) is 0 Å². The van der Waals surface area contributed by atoms with Gasteiger partial charge < -0.3 is 0 Å². The molecule has 0 amide bonds. The maximum Gasteiger partial charge on any atom is 0.101 e. The van der Waals surface area contributed by atoms with Gasteiger partial charge in [0.05, 0.1) is 11.1 Å². The van der Waals surface area contributed by atoms with Crippen LogP contribution >= 0.6 is 0 Å². The third-order valence-electron chi connectivity index (χ3n) is 7.99. The molecule has 3 aliphatic carbocycles. The van der Waals surface area contributed by atoms with Crippen molar-refractivity contribution in [3.63, 3.8) is 0 Å². The Morgan fingerprint density at radius 1 is 0.767 bits per heavy atom. The number of rotatable bonds is 6. The Labute approximate surface area is 181 Å². The van der Waals surface area contributed by atoms with Gasteiger partial charge in [0.2, 0.25) is 0 Å². The molecule has 2 aromatic rings. The molecule has 0 heterocycles. The summed E-state index contributed by atoms with van der Waals surface area (Å²) in [5.41, 5.74) is 6.19. The Morgan fingerprint density at radius 3 is 1.93 bits per heavy atom. The SMILES string of the molecule is CCCc1ccc(-c2ccc(C34CCC(CCC)(CC3)CC4)c(C#N)c2C#N)cc1. The van der Waals surface area contributed by atoms with E-state index in [1.165, 1.54) is 37.7 Å². The molecule has 0 N–H and O–H groups in total. The minimum atomic E-state index is 0.0929. The molecule has 3 aliphatic rings. The van der Waals surface area contributed by atoms with Gasteiger partial charge in [-0.25, -0.2) is 0 Å². The minimum absolute atomic E-state index is 0.0929. The number of benzene rings is 2. The van der Waals surface area contributed by atoms with Crippen LogP contribution in [-0.2, 0) is 11.8 Å². The van der Waals surface area contributed by atoms with Crippen LogP contribution in [0.15, 0.2) is 36.4 Å². The van der Waals surface area contributed by atoms with E-state index in [0.29, 0.717) is 16.5 Å². The number of fused-ring (bicyclic) bond motifs is 3. The smallest absolute Gasteiger partial charge is 0.101 e. The van der Waals surface area contributed by atoms with Gasteiger partial charge in [-0.05, 0) is 78.9 Å². The molecule has 3 fully saturated rings. The van der Waals surface area contributed by atoms with Crippen molar-refractivity contribution < 1.29 is 0 Å². The first kappa shape index (κ1) is 20.7. The fourth-order valence-electron chi connectivity index (χ4n) is 6.23. The molecule has 0 saturated heterocycles. The Hall–Kier alpha value is -2.58. The molecule has 2 heteroatoms. The number of hydrogen-bond donors (Lipinski definition) is 0. The summed E-state index contributed by atoms with van der Waals surface area (Å²) in [6.07, 6.45) is 12.1. The maximum absolute atomic E-state index is 10.1. The highest BCUT2D eigenvalue weighted by atomic mass is 14.5. The molecule has 30 heavy (non-hydrogen) atoms. The summed E-state index contributed by atoms with van der Waals surface area (Å²) >= 11 is 0. The van der Waals surface area contributed by atoms with Crippen LogP contribution in [0.25, 0.3) is 11.1 Å². The molecule has 3 saturated carbocycles. The van der Waals surface area contributed by atoms with Crippen LogP contribution in [0.4, 0.5) is 0 Å². The van der Waals surface area contributed by atoms with E-state index < -0.39 is 0 Å². The Balaban J connectivity index is 1.72. The van der Waals surface area contributed by atoms with Crippen LogP contribution < -0.4 is 0 Å². The molecule has 2 aromatic carbocycles. The van der Waals surface area contributed by atoms with Crippen molar-refractivity contribution in [3.05, 3.63) is 58.7 Å². The summed E-state index contributed by atoms with van der Waals surface area (Å²) in [6, 6.07) is 17.6. The molecule has 0 aromatic heterocycles. The Bertz CT molecular complexity index is 976. The van der Waals surface area contributed by atoms with Crippen molar-refractivity contribution in [3.8, 4) is 23.3 Å². The second-order valence-electron chi connectivity index (χ2n) is 9.61. The monoisotopic (exact) mass is 396 g/mol. The zero-order valence-corrected chi connectivity index (χ0v) is 18.4. The molecular formula is C28H32N2. The second kappa shape index (κ2) is 8.28. The van der Waals surface area contributed by atoms with E-state index in [4.69, 9.17) is 0 Å². The summed E-state index contributed by atoms with van der Waals surface area (Å²) in [5, 5.41) is 20.1. The number of hydrogen-bond acceptors (Lipinski definition) is 2. The van der Waals surface area contributed by atoms with Crippen LogP contribution in [-0.4, -0.2) is 0 Å². The lowest BCUT2D eigenvalue weighted by atomic mass is 9.50. The van der Waals surface area contributed by atoms with Gasteiger partial charge in [-0.1, -0.05) is 63.1 Å². The van der Waals surface area contributed by atoms with E-state index >= 15 is 0 Å². The summed E-state index contributed by atoms with van der Waals surface area (Å²) in [7, 11) is 0. The third-order valence-corrected chi connectivity index (χ3v) is 7.99. The lowest BCUT2D eigenvalue weighted by Crippen LogP contribution is -2.44. The zero-order chi connectivity index (χ0) is 21.2. The topological polar surface area (TPSA) is 47.6 Å². The molecule has 0 atom stereocenters. The van der Waals surface area contributed by atoms with Crippen molar-refractivity contribution >= 4 is 0 Å². The third kappa shape index (κ3) is 3.44. The quantitative estimate of drug-likeness (QED) is 0.509. The van der Waals surface area contributed by atoms with Crippen LogP contribution in [0.3, 0.4) is 0 Å². The van der Waals surface area contributed by atoms with Crippen LogP contribution in [0.5, 0.6) is 0 Å². The molecule has 0 radical (unpaired) electrons. The van der Waals surface area contributed by atoms with Gasteiger partial charge in [0.25, 0.3) is 0 Å². The molecule has 0 unspecified atom stereocenters. The Kier molecular flexibility index (Phi) is 5.71. The van der Waals surface area contributed by atoms with Gasteiger partial charge in [-0.3, -0.25) is 0 Å². The van der Waals surface area contributed by atoms with Crippen molar-refractivity contribution in [1.29, 1.82) is 10.5 Å². The van der Waals surface area contributed by atoms with E-state index in [1.807, 2.05) is 0 Å². The number of aryl methyl sites for hydroxylation is 1.